The van der Waals surface area contributed by atoms with Crippen molar-refractivity contribution in [3.05, 3.63) is 56.9 Å². The summed E-state index contributed by atoms with van der Waals surface area (Å²) in [7, 11) is 0. The summed E-state index contributed by atoms with van der Waals surface area (Å²) in [6.45, 7) is 0. The summed E-state index contributed by atoms with van der Waals surface area (Å²) in [6.07, 6.45) is 2.10. The summed E-state index contributed by atoms with van der Waals surface area (Å²) in [5, 5.41) is 2.12. The monoisotopic (exact) mass is 323 g/mol. The third-order valence-corrected chi connectivity index (χ3v) is 4.46. The zero-order valence-corrected chi connectivity index (χ0v) is 12.6. The zero-order valence-electron chi connectivity index (χ0n) is 12.6. The molecule has 3 N–H and O–H groups in total. The van der Waals surface area contributed by atoms with E-state index in [2.05, 4.69) is 5.32 Å². The molecule has 1 aliphatic heterocycles. The minimum Gasteiger partial charge on any atom is -0.384 e. The Bertz CT molecular complexity index is 1000. The molecule has 0 fully saturated rings. The molecule has 7 nitrogen and oxygen atoms in total. The second kappa shape index (κ2) is 4.89. The molecule has 2 heterocycles. The molecule has 2 aromatic rings. The summed E-state index contributed by atoms with van der Waals surface area (Å²) in [5.41, 5.74) is 7.36. The molecule has 0 bridgehead atoms. The van der Waals surface area contributed by atoms with Gasteiger partial charge < -0.3 is 5.73 Å². The molecule has 7 heteroatoms. The number of aromatic nitrogens is 1. The lowest BCUT2D eigenvalue weighted by molar-refractivity contribution is 0.0878. The van der Waals surface area contributed by atoms with Crippen LogP contribution in [0.25, 0.3) is 5.69 Å². The lowest BCUT2D eigenvalue weighted by Gasteiger charge is -2.17. The van der Waals surface area contributed by atoms with E-state index in [0.717, 1.165) is 29.0 Å². The molecule has 1 aromatic heterocycles. The average molecular weight is 323 g/mol. The minimum atomic E-state index is -0.633. The molecule has 0 atom stereocenters. The Morgan fingerprint density at radius 2 is 1.75 bits per heavy atom. The Balaban J connectivity index is 1.96. The molecular formula is C17H13N3O4. The van der Waals surface area contributed by atoms with Crippen molar-refractivity contribution in [2.45, 2.75) is 19.3 Å². The first-order valence-corrected chi connectivity index (χ1v) is 7.55. The highest BCUT2D eigenvalue weighted by Crippen LogP contribution is 2.26. The van der Waals surface area contributed by atoms with Crippen LogP contribution >= 0.6 is 0 Å². The number of nitrogens with one attached hydrogen (secondary N) is 1. The van der Waals surface area contributed by atoms with Gasteiger partial charge in [0.2, 0.25) is 0 Å². The smallest absolute Gasteiger partial charge is 0.262 e. The molecule has 2 aliphatic rings. The predicted octanol–water partition coefficient (Wildman–Crippen LogP) is 0.822. The molecule has 0 radical (unpaired) electrons. The number of nitrogens with two attached hydrogens (primary N) is 1. The van der Waals surface area contributed by atoms with Crippen molar-refractivity contribution in [3.63, 3.8) is 0 Å². The number of nitrogens with zero attached hydrogens (tertiary/aromatic N) is 1. The standard InChI is InChI=1S/C17H13N3O4/c18-15-14-11(16(23)19-17(14)24)7-13(22)20(15)9-5-4-8-2-1-3-12(21)10(8)6-9/h4-7H,1-3,18H2,(H,19,23,24). The van der Waals surface area contributed by atoms with Gasteiger partial charge in [-0.05, 0) is 30.5 Å². The normalized spacial score (nSPS) is 15.9. The minimum absolute atomic E-state index is 0.0105. The summed E-state index contributed by atoms with van der Waals surface area (Å²) < 4.78 is 1.15. The van der Waals surface area contributed by atoms with Gasteiger partial charge >= 0.3 is 0 Å². The van der Waals surface area contributed by atoms with Crippen molar-refractivity contribution < 1.29 is 14.4 Å². The van der Waals surface area contributed by atoms with E-state index in [1.165, 1.54) is 0 Å². The van der Waals surface area contributed by atoms with E-state index >= 15 is 0 Å². The van der Waals surface area contributed by atoms with Crippen LogP contribution in [0.1, 0.15) is 49.5 Å². The van der Waals surface area contributed by atoms with Crippen molar-refractivity contribution in [3.8, 4) is 5.69 Å². The number of benzene rings is 1. The van der Waals surface area contributed by atoms with Crippen LogP contribution < -0.4 is 16.6 Å². The molecule has 24 heavy (non-hydrogen) atoms. The molecule has 0 spiro atoms. The van der Waals surface area contributed by atoms with Crippen molar-refractivity contribution in [2.24, 2.45) is 0 Å². The van der Waals surface area contributed by atoms with Gasteiger partial charge in [-0.1, -0.05) is 6.07 Å². The molecule has 4 rings (SSSR count). The highest BCUT2D eigenvalue weighted by molar-refractivity contribution is 6.23. The van der Waals surface area contributed by atoms with E-state index in [1.807, 2.05) is 0 Å². The van der Waals surface area contributed by atoms with E-state index in [1.54, 1.807) is 18.2 Å². The first-order chi connectivity index (χ1) is 11.5. The van der Waals surface area contributed by atoms with Gasteiger partial charge in [0.15, 0.2) is 5.78 Å². The number of Topliss-reactive ketones (excluding diaryl/α,β-unsaturated/α-hetero) is 1. The number of carbonyl (C=O) groups is 3. The molecule has 1 aliphatic carbocycles. The highest BCUT2D eigenvalue weighted by Gasteiger charge is 2.32. The van der Waals surface area contributed by atoms with Crippen LogP contribution in [0.15, 0.2) is 29.1 Å². The maximum atomic E-state index is 12.4. The van der Waals surface area contributed by atoms with Crippen LogP contribution in [0.3, 0.4) is 0 Å². The fraction of sp³-hybridized carbons (Fsp3) is 0.176. The zero-order chi connectivity index (χ0) is 17.0. The number of imide groups is 1. The van der Waals surface area contributed by atoms with Crippen LogP contribution in [-0.2, 0) is 6.42 Å². The number of pyridine rings is 1. The van der Waals surface area contributed by atoms with Crippen LogP contribution in [-0.4, -0.2) is 22.2 Å². The molecule has 120 valence electrons. The number of carbonyl (C=O) groups excluding carboxylic acids is 3. The van der Waals surface area contributed by atoms with Crippen LogP contribution in [0.2, 0.25) is 0 Å². The van der Waals surface area contributed by atoms with Crippen molar-refractivity contribution >= 4 is 23.4 Å². The van der Waals surface area contributed by atoms with Gasteiger partial charge in [-0.3, -0.25) is 29.1 Å². The quantitative estimate of drug-likeness (QED) is 0.755. The number of ketones is 1. The summed E-state index contributed by atoms with van der Waals surface area (Å²) in [4.78, 5) is 48.1. The molecule has 1 aromatic carbocycles. The van der Waals surface area contributed by atoms with Gasteiger partial charge in [-0.2, -0.15) is 0 Å². The second-order valence-electron chi connectivity index (χ2n) is 5.89. The number of fused-ring (bicyclic) bond motifs is 2. The van der Waals surface area contributed by atoms with E-state index in [0.29, 0.717) is 17.7 Å². The van der Waals surface area contributed by atoms with E-state index in [4.69, 9.17) is 5.73 Å². The predicted molar refractivity (Wildman–Crippen MR) is 85.5 cm³/mol. The maximum Gasteiger partial charge on any atom is 0.262 e. The SMILES string of the molecule is Nc1c2c(cc(=O)n1-c1ccc3c(c1)C(=O)CCC3)C(=O)NC2=O. The van der Waals surface area contributed by atoms with E-state index in [9.17, 15) is 19.2 Å². The van der Waals surface area contributed by atoms with Crippen molar-refractivity contribution in [2.75, 3.05) is 5.73 Å². The summed E-state index contributed by atoms with van der Waals surface area (Å²) in [5.74, 6) is -1.34. The lowest BCUT2D eigenvalue weighted by Crippen LogP contribution is -2.24. The molecule has 0 saturated carbocycles. The maximum absolute atomic E-state index is 12.4. The molecule has 2 amide bonds. The Hall–Kier alpha value is -3.22. The molecule has 0 saturated heterocycles. The third kappa shape index (κ3) is 1.91. The molecule has 0 unspecified atom stereocenters. The van der Waals surface area contributed by atoms with E-state index < -0.39 is 17.4 Å². The van der Waals surface area contributed by atoms with Gasteiger partial charge in [0, 0.05) is 18.1 Å². The summed E-state index contributed by atoms with van der Waals surface area (Å²) in [6, 6.07) is 6.20. The number of aryl methyl sites for hydroxylation is 1. The molecular weight excluding hydrogens is 310 g/mol. The number of nitrogen functional groups attached to an aromatic ring is 1. The Labute approximate surface area is 136 Å². The highest BCUT2D eigenvalue weighted by atomic mass is 16.2. The fourth-order valence-electron chi connectivity index (χ4n) is 3.30. The summed E-state index contributed by atoms with van der Waals surface area (Å²) >= 11 is 0. The lowest BCUT2D eigenvalue weighted by atomic mass is 9.90. The third-order valence-electron chi connectivity index (χ3n) is 4.46. The topological polar surface area (TPSA) is 111 Å². The average Bonchev–Trinajstić information content (AvgIpc) is 2.82. The largest absolute Gasteiger partial charge is 0.384 e. The number of anilines is 1. The van der Waals surface area contributed by atoms with Crippen molar-refractivity contribution in [1.82, 2.24) is 9.88 Å². The fourth-order valence-corrected chi connectivity index (χ4v) is 3.30. The van der Waals surface area contributed by atoms with Gasteiger partial charge in [0.25, 0.3) is 17.4 Å². The second-order valence-corrected chi connectivity index (χ2v) is 5.89. The van der Waals surface area contributed by atoms with Gasteiger partial charge in [0.1, 0.15) is 5.82 Å². The number of amides is 2. The number of hydrogen-bond donors (Lipinski definition) is 2. The Kier molecular flexibility index (Phi) is 2.93. The Morgan fingerprint density at radius 3 is 2.54 bits per heavy atom. The Morgan fingerprint density at radius 1 is 0.958 bits per heavy atom. The van der Waals surface area contributed by atoms with Crippen LogP contribution in [0, 0.1) is 0 Å². The number of rotatable bonds is 1. The number of hydrogen-bond acceptors (Lipinski definition) is 5. The first kappa shape index (κ1) is 14.4. The van der Waals surface area contributed by atoms with Gasteiger partial charge in [-0.25, -0.2) is 0 Å². The van der Waals surface area contributed by atoms with Gasteiger partial charge in [0.05, 0.1) is 16.8 Å². The van der Waals surface area contributed by atoms with Gasteiger partial charge in [-0.15, -0.1) is 0 Å². The van der Waals surface area contributed by atoms with Crippen LogP contribution in [0.5, 0.6) is 0 Å². The first-order valence-electron chi connectivity index (χ1n) is 7.55. The van der Waals surface area contributed by atoms with Crippen LogP contribution in [0.4, 0.5) is 5.82 Å². The van der Waals surface area contributed by atoms with E-state index in [-0.39, 0.29) is 22.7 Å². The van der Waals surface area contributed by atoms with Crippen molar-refractivity contribution in [1.29, 1.82) is 0 Å².